The Morgan fingerprint density at radius 1 is 1.20 bits per heavy atom. The van der Waals surface area contributed by atoms with Crippen LogP contribution in [0.1, 0.15) is 15.9 Å². The Morgan fingerprint density at radius 2 is 1.96 bits per heavy atom. The van der Waals surface area contributed by atoms with E-state index in [0.717, 1.165) is 12.0 Å². The number of nitrogens with zero attached hydrogens (tertiary/aromatic N) is 3. The van der Waals surface area contributed by atoms with Gasteiger partial charge in [-0.3, -0.25) is 9.78 Å². The molecule has 1 atom stereocenters. The maximum absolute atomic E-state index is 12.2. The third-order valence-corrected chi connectivity index (χ3v) is 4.50. The van der Waals surface area contributed by atoms with Crippen LogP contribution in [0.25, 0.3) is 11.4 Å². The van der Waals surface area contributed by atoms with Gasteiger partial charge >= 0.3 is 0 Å². The SMILES string of the molecule is O=C(NC[C@H](CO)Cc1ccsc1)c1cnc(-c2ccncc2)nc1. The van der Waals surface area contributed by atoms with Gasteiger partial charge in [-0.1, -0.05) is 0 Å². The number of aromatic nitrogens is 3. The van der Waals surface area contributed by atoms with Crippen molar-refractivity contribution in [2.24, 2.45) is 5.92 Å². The van der Waals surface area contributed by atoms with Crippen LogP contribution in [0.4, 0.5) is 0 Å². The van der Waals surface area contributed by atoms with E-state index in [1.165, 1.54) is 18.0 Å². The van der Waals surface area contributed by atoms with Gasteiger partial charge in [-0.2, -0.15) is 11.3 Å². The molecule has 0 radical (unpaired) electrons. The molecule has 0 bridgehead atoms. The standard InChI is InChI=1S/C18H18N4O2S/c23-11-14(7-13-3-6-25-12-13)8-22-18(24)16-9-20-17(21-10-16)15-1-4-19-5-2-15/h1-6,9-10,12,14,23H,7-8,11H2,(H,22,24)/t14-/m1/s1. The van der Waals surface area contributed by atoms with Crippen LogP contribution in [0.2, 0.25) is 0 Å². The third-order valence-electron chi connectivity index (χ3n) is 3.77. The quantitative estimate of drug-likeness (QED) is 0.679. The van der Waals surface area contributed by atoms with Crippen LogP contribution in [-0.2, 0) is 6.42 Å². The minimum Gasteiger partial charge on any atom is -0.396 e. The van der Waals surface area contributed by atoms with Crippen LogP contribution < -0.4 is 5.32 Å². The maximum atomic E-state index is 12.2. The number of nitrogens with one attached hydrogen (secondary N) is 1. The normalized spacial score (nSPS) is 11.9. The summed E-state index contributed by atoms with van der Waals surface area (Å²) in [4.78, 5) is 24.6. The van der Waals surface area contributed by atoms with Crippen molar-refractivity contribution >= 4 is 17.2 Å². The van der Waals surface area contributed by atoms with E-state index in [4.69, 9.17) is 0 Å². The molecular weight excluding hydrogens is 336 g/mol. The summed E-state index contributed by atoms with van der Waals surface area (Å²) in [7, 11) is 0. The molecule has 128 valence electrons. The second kappa shape index (κ2) is 8.46. The summed E-state index contributed by atoms with van der Waals surface area (Å²) < 4.78 is 0. The lowest BCUT2D eigenvalue weighted by molar-refractivity contribution is 0.0939. The molecule has 1 amide bonds. The average molecular weight is 354 g/mol. The fourth-order valence-electron chi connectivity index (χ4n) is 2.38. The van der Waals surface area contributed by atoms with Gasteiger partial charge in [-0.25, -0.2) is 9.97 Å². The van der Waals surface area contributed by atoms with Gasteiger partial charge in [0, 0.05) is 49.4 Å². The van der Waals surface area contributed by atoms with Crippen LogP contribution in [0.3, 0.4) is 0 Å². The van der Waals surface area contributed by atoms with Gasteiger partial charge in [0.2, 0.25) is 0 Å². The zero-order valence-electron chi connectivity index (χ0n) is 13.5. The van der Waals surface area contributed by atoms with E-state index < -0.39 is 0 Å². The van der Waals surface area contributed by atoms with Crippen molar-refractivity contribution < 1.29 is 9.90 Å². The van der Waals surface area contributed by atoms with E-state index in [0.29, 0.717) is 17.9 Å². The highest BCUT2D eigenvalue weighted by Gasteiger charge is 2.13. The summed E-state index contributed by atoms with van der Waals surface area (Å²) in [5.41, 5.74) is 2.41. The molecule has 0 aliphatic rings. The predicted molar refractivity (Wildman–Crippen MR) is 96.2 cm³/mol. The van der Waals surface area contributed by atoms with E-state index in [-0.39, 0.29) is 18.4 Å². The lowest BCUT2D eigenvalue weighted by Crippen LogP contribution is -2.32. The van der Waals surface area contributed by atoms with Gasteiger partial charge in [0.15, 0.2) is 5.82 Å². The lowest BCUT2D eigenvalue weighted by Gasteiger charge is -2.14. The van der Waals surface area contributed by atoms with Gasteiger partial charge in [0.1, 0.15) is 0 Å². The van der Waals surface area contributed by atoms with Crippen LogP contribution in [-0.4, -0.2) is 39.1 Å². The first-order valence-corrected chi connectivity index (χ1v) is 8.83. The molecule has 0 aliphatic carbocycles. The second-order valence-corrected chi connectivity index (χ2v) is 6.41. The monoisotopic (exact) mass is 354 g/mol. The van der Waals surface area contributed by atoms with Gasteiger partial charge in [0.25, 0.3) is 5.91 Å². The molecule has 3 heterocycles. The molecule has 0 saturated heterocycles. The highest BCUT2D eigenvalue weighted by Crippen LogP contribution is 2.13. The van der Waals surface area contributed by atoms with Gasteiger partial charge < -0.3 is 10.4 Å². The number of amides is 1. The van der Waals surface area contributed by atoms with Crippen LogP contribution in [0.15, 0.2) is 53.7 Å². The summed E-state index contributed by atoms with van der Waals surface area (Å²) in [6.07, 6.45) is 7.08. The first kappa shape index (κ1) is 17.2. The zero-order chi connectivity index (χ0) is 17.5. The number of carbonyl (C=O) groups excluding carboxylic acids is 1. The van der Waals surface area contributed by atoms with Gasteiger partial charge in [-0.15, -0.1) is 0 Å². The number of hydrogen-bond acceptors (Lipinski definition) is 6. The minimum absolute atomic E-state index is 0.0180. The summed E-state index contributed by atoms with van der Waals surface area (Å²) >= 11 is 1.62. The van der Waals surface area contributed by atoms with E-state index in [9.17, 15) is 9.90 Å². The summed E-state index contributed by atoms with van der Waals surface area (Å²) in [5.74, 6) is 0.283. The topological polar surface area (TPSA) is 88.0 Å². The lowest BCUT2D eigenvalue weighted by atomic mass is 10.0. The van der Waals surface area contributed by atoms with Crippen molar-refractivity contribution in [3.8, 4) is 11.4 Å². The largest absolute Gasteiger partial charge is 0.396 e. The van der Waals surface area contributed by atoms with Gasteiger partial charge in [0.05, 0.1) is 5.56 Å². The highest BCUT2D eigenvalue weighted by molar-refractivity contribution is 7.07. The van der Waals surface area contributed by atoms with Crippen molar-refractivity contribution in [3.05, 3.63) is 64.9 Å². The number of aliphatic hydroxyl groups is 1. The first-order valence-electron chi connectivity index (χ1n) is 7.89. The molecule has 7 heteroatoms. The van der Waals surface area contributed by atoms with Crippen LogP contribution >= 0.6 is 11.3 Å². The average Bonchev–Trinajstić information content (AvgIpc) is 3.19. The highest BCUT2D eigenvalue weighted by atomic mass is 32.1. The molecule has 0 fully saturated rings. The Labute approximate surface area is 149 Å². The molecule has 3 aromatic rings. The molecule has 2 N–H and O–H groups in total. The first-order chi connectivity index (χ1) is 12.3. The maximum Gasteiger partial charge on any atom is 0.254 e. The number of pyridine rings is 1. The molecule has 6 nitrogen and oxygen atoms in total. The number of thiophene rings is 1. The van der Waals surface area contributed by atoms with E-state index in [1.807, 2.05) is 23.6 Å². The van der Waals surface area contributed by atoms with Crippen molar-refractivity contribution in [1.82, 2.24) is 20.3 Å². The molecule has 0 unspecified atom stereocenters. The van der Waals surface area contributed by atoms with Crippen LogP contribution in [0.5, 0.6) is 0 Å². The summed E-state index contributed by atoms with van der Waals surface area (Å²) in [5, 5.41) is 16.4. The fourth-order valence-corrected chi connectivity index (χ4v) is 3.06. The summed E-state index contributed by atoms with van der Waals surface area (Å²) in [6, 6.07) is 5.65. The molecule has 0 aliphatic heterocycles. The molecule has 0 saturated carbocycles. The van der Waals surface area contributed by atoms with E-state index >= 15 is 0 Å². The number of hydrogen-bond donors (Lipinski definition) is 2. The smallest absolute Gasteiger partial charge is 0.254 e. The van der Waals surface area contributed by atoms with Gasteiger partial charge in [-0.05, 0) is 40.9 Å². The van der Waals surface area contributed by atoms with E-state index in [1.54, 1.807) is 23.7 Å². The Kier molecular flexibility index (Phi) is 5.81. The van der Waals surface area contributed by atoms with Crippen molar-refractivity contribution in [3.63, 3.8) is 0 Å². The number of aliphatic hydroxyl groups excluding tert-OH is 1. The summed E-state index contributed by atoms with van der Waals surface area (Å²) in [6.45, 7) is 0.422. The molecular formula is C18H18N4O2S. The zero-order valence-corrected chi connectivity index (χ0v) is 14.3. The number of carbonyl (C=O) groups is 1. The Bertz CT molecular complexity index is 792. The van der Waals surface area contributed by atoms with Crippen molar-refractivity contribution in [2.75, 3.05) is 13.2 Å². The second-order valence-electron chi connectivity index (χ2n) is 5.63. The van der Waals surface area contributed by atoms with Crippen LogP contribution in [0, 0.1) is 5.92 Å². The number of rotatable bonds is 7. The molecule has 25 heavy (non-hydrogen) atoms. The third kappa shape index (κ3) is 4.68. The van der Waals surface area contributed by atoms with Crippen molar-refractivity contribution in [1.29, 1.82) is 0 Å². The Balaban J connectivity index is 1.57. The molecule has 3 rings (SSSR count). The fraction of sp³-hybridized carbons (Fsp3) is 0.222. The Morgan fingerprint density at radius 3 is 2.60 bits per heavy atom. The molecule has 0 aromatic carbocycles. The molecule has 3 aromatic heterocycles. The molecule has 0 spiro atoms. The van der Waals surface area contributed by atoms with Crippen molar-refractivity contribution in [2.45, 2.75) is 6.42 Å². The predicted octanol–water partition coefficient (Wildman–Crippen LogP) is 2.18. The minimum atomic E-state index is -0.245. The van der Waals surface area contributed by atoms with E-state index in [2.05, 4.69) is 25.6 Å². The Hall–Kier alpha value is -2.64.